The second-order valence-electron chi connectivity index (χ2n) is 9.12. The first-order chi connectivity index (χ1) is 15.3. The van der Waals surface area contributed by atoms with Crippen molar-refractivity contribution in [3.05, 3.63) is 94.0 Å². The molecule has 5 heteroatoms. The van der Waals surface area contributed by atoms with Crippen LogP contribution in [0.2, 0.25) is 5.02 Å². The van der Waals surface area contributed by atoms with Crippen molar-refractivity contribution < 1.29 is 9.90 Å². The highest BCUT2D eigenvalue weighted by atomic mass is 35.5. The molecular weight excluding hydrogens is 420 g/mol. The lowest BCUT2D eigenvalue weighted by molar-refractivity contribution is 0.0697. The summed E-state index contributed by atoms with van der Waals surface area (Å²) in [5.41, 5.74) is 4.96. The molecule has 0 radical (unpaired) electrons. The first-order valence-corrected chi connectivity index (χ1v) is 11.4. The van der Waals surface area contributed by atoms with E-state index >= 15 is 0 Å². The summed E-state index contributed by atoms with van der Waals surface area (Å²) >= 11 is 6.53. The second-order valence-corrected chi connectivity index (χ2v) is 9.52. The molecule has 1 heterocycles. The monoisotopic (exact) mass is 448 g/mol. The number of carboxylic acids is 1. The molecule has 4 nitrogen and oxygen atoms in total. The number of halogens is 1. The van der Waals surface area contributed by atoms with Crippen molar-refractivity contribution in [2.45, 2.75) is 45.2 Å². The van der Waals surface area contributed by atoms with Gasteiger partial charge in [0.1, 0.15) is 5.66 Å². The van der Waals surface area contributed by atoms with Gasteiger partial charge in [0.15, 0.2) is 0 Å². The van der Waals surface area contributed by atoms with E-state index in [0.717, 1.165) is 28.4 Å². The predicted octanol–water partition coefficient (Wildman–Crippen LogP) is 6.82. The Bertz CT molecular complexity index is 1130. The van der Waals surface area contributed by atoms with E-state index in [1.807, 2.05) is 30.3 Å². The van der Waals surface area contributed by atoms with Crippen molar-refractivity contribution in [1.82, 2.24) is 0 Å². The molecule has 0 spiro atoms. The van der Waals surface area contributed by atoms with Crippen molar-refractivity contribution >= 4 is 28.9 Å². The molecule has 1 aliphatic heterocycles. The Labute approximate surface area is 194 Å². The number of carbonyl (C=O) groups is 1. The van der Waals surface area contributed by atoms with E-state index < -0.39 is 11.6 Å². The maximum atomic E-state index is 11.5. The lowest BCUT2D eigenvalue weighted by atomic mass is 9.82. The zero-order valence-electron chi connectivity index (χ0n) is 18.7. The molecule has 166 valence electrons. The molecule has 3 aromatic carbocycles. The Balaban J connectivity index is 1.71. The van der Waals surface area contributed by atoms with Gasteiger partial charge in [0.25, 0.3) is 0 Å². The minimum atomic E-state index is -0.938. The Morgan fingerprint density at radius 1 is 0.969 bits per heavy atom. The number of fused-ring (bicyclic) bond motifs is 1. The minimum Gasteiger partial charge on any atom is -0.478 e. The first-order valence-electron chi connectivity index (χ1n) is 11.0. The van der Waals surface area contributed by atoms with Crippen LogP contribution < -0.4 is 10.6 Å². The zero-order chi connectivity index (χ0) is 22.9. The fourth-order valence-electron chi connectivity index (χ4n) is 4.50. The second kappa shape index (κ2) is 8.87. The molecule has 2 unspecified atom stereocenters. The van der Waals surface area contributed by atoms with Gasteiger partial charge in [0.05, 0.1) is 16.9 Å². The Morgan fingerprint density at radius 2 is 1.66 bits per heavy atom. The molecule has 32 heavy (non-hydrogen) atoms. The summed E-state index contributed by atoms with van der Waals surface area (Å²) < 4.78 is 0. The largest absolute Gasteiger partial charge is 0.478 e. The van der Waals surface area contributed by atoms with Crippen LogP contribution in [0.5, 0.6) is 0 Å². The molecule has 0 fully saturated rings. The number of benzene rings is 3. The van der Waals surface area contributed by atoms with Crippen LogP contribution in [0.3, 0.4) is 0 Å². The van der Waals surface area contributed by atoms with Gasteiger partial charge in [-0.05, 0) is 53.3 Å². The number of anilines is 2. The average Bonchev–Trinajstić information content (AvgIpc) is 3.13. The highest BCUT2D eigenvalue weighted by Crippen LogP contribution is 2.44. The fraction of sp³-hybridized carbons (Fsp3) is 0.296. The number of aromatic carboxylic acids is 1. The van der Waals surface area contributed by atoms with Crippen LogP contribution in [0.15, 0.2) is 66.7 Å². The number of hydrogen-bond donors (Lipinski definition) is 3. The summed E-state index contributed by atoms with van der Waals surface area (Å²) in [7, 11) is 0. The molecular formula is C27H29ClN2O2. The van der Waals surface area contributed by atoms with Crippen molar-refractivity contribution in [2.24, 2.45) is 5.92 Å². The maximum absolute atomic E-state index is 11.5. The Morgan fingerprint density at radius 3 is 2.31 bits per heavy atom. The lowest BCUT2D eigenvalue weighted by Crippen LogP contribution is -2.48. The van der Waals surface area contributed by atoms with E-state index in [2.05, 4.69) is 55.7 Å². The third-order valence-corrected chi connectivity index (χ3v) is 6.64. The van der Waals surface area contributed by atoms with Gasteiger partial charge in [-0.25, -0.2) is 4.79 Å². The molecule has 1 aliphatic rings. The molecule has 2 atom stereocenters. The third-order valence-electron chi connectivity index (χ3n) is 6.27. The summed E-state index contributed by atoms with van der Waals surface area (Å²) in [6.07, 6.45) is 1.69. The smallest absolute Gasteiger partial charge is 0.335 e. The number of rotatable bonds is 7. The highest BCUT2D eigenvalue weighted by molar-refractivity contribution is 6.31. The highest BCUT2D eigenvalue weighted by Gasteiger charge is 2.42. The van der Waals surface area contributed by atoms with E-state index in [0.29, 0.717) is 12.3 Å². The van der Waals surface area contributed by atoms with Gasteiger partial charge in [-0.2, -0.15) is 0 Å². The van der Waals surface area contributed by atoms with Crippen molar-refractivity contribution in [1.29, 1.82) is 0 Å². The lowest BCUT2D eigenvalue weighted by Gasteiger charge is -2.38. The molecule has 0 saturated carbocycles. The van der Waals surface area contributed by atoms with Crippen LogP contribution in [-0.2, 0) is 12.8 Å². The molecule has 0 saturated heterocycles. The van der Waals surface area contributed by atoms with Crippen LogP contribution in [0.4, 0.5) is 11.4 Å². The molecule has 0 amide bonds. The van der Waals surface area contributed by atoms with Gasteiger partial charge in [0.2, 0.25) is 0 Å². The fourth-order valence-corrected chi connectivity index (χ4v) is 4.70. The van der Waals surface area contributed by atoms with Crippen molar-refractivity contribution in [3.63, 3.8) is 0 Å². The number of nitrogens with one attached hydrogen (secondary N) is 2. The van der Waals surface area contributed by atoms with Gasteiger partial charge in [-0.3, -0.25) is 0 Å². The summed E-state index contributed by atoms with van der Waals surface area (Å²) in [5, 5.41) is 17.5. The zero-order valence-corrected chi connectivity index (χ0v) is 19.4. The maximum Gasteiger partial charge on any atom is 0.335 e. The molecule has 3 aromatic rings. The van der Waals surface area contributed by atoms with E-state index in [-0.39, 0.29) is 11.5 Å². The van der Waals surface area contributed by atoms with Crippen molar-refractivity contribution in [2.75, 3.05) is 10.6 Å². The Hall–Kier alpha value is -2.98. The van der Waals surface area contributed by atoms with Crippen LogP contribution in [0.25, 0.3) is 0 Å². The summed E-state index contributed by atoms with van der Waals surface area (Å²) in [6, 6.07) is 21.8. The van der Waals surface area contributed by atoms with Crippen molar-refractivity contribution in [3.8, 4) is 0 Å². The van der Waals surface area contributed by atoms with Gasteiger partial charge < -0.3 is 15.7 Å². The predicted molar refractivity (Wildman–Crippen MR) is 132 cm³/mol. The summed E-state index contributed by atoms with van der Waals surface area (Å²) in [5.74, 6) is -0.250. The third kappa shape index (κ3) is 4.46. The Kier molecular flexibility index (Phi) is 6.16. The van der Waals surface area contributed by atoms with Crippen LogP contribution in [0, 0.1) is 5.92 Å². The van der Waals surface area contributed by atoms with E-state index in [9.17, 15) is 9.90 Å². The SMILES string of the molecule is CC(C)Cc1ccc(C(C)C2(Cc3ccccc3Cl)Nc3ccc(C(=O)O)cc3N2)cc1. The standard InChI is InChI=1S/C27H29ClN2O2/c1-17(2)14-19-8-10-20(11-9-19)18(3)27(16-22-6-4-5-7-23(22)28)29-24-13-12-21(26(31)32)15-25(24)30-27/h4-13,15,17-18,29-30H,14,16H2,1-3H3,(H,31,32). The van der Waals surface area contributed by atoms with Gasteiger partial charge in [-0.1, -0.05) is 74.8 Å². The number of carboxylic acid groups (broad SMARTS) is 1. The van der Waals surface area contributed by atoms with Gasteiger partial charge in [-0.15, -0.1) is 0 Å². The molecule has 0 bridgehead atoms. The molecule has 4 rings (SSSR count). The topological polar surface area (TPSA) is 61.4 Å². The normalized spacial score (nSPS) is 18.0. The van der Waals surface area contributed by atoms with Crippen LogP contribution in [-0.4, -0.2) is 16.7 Å². The molecule has 0 aromatic heterocycles. The molecule has 0 aliphatic carbocycles. The first kappa shape index (κ1) is 22.2. The van der Waals surface area contributed by atoms with Crippen LogP contribution >= 0.6 is 11.6 Å². The van der Waals surface area contributed by atoms with E-state index in [1.165, 1.54) is 11.1 Å². The quantitative estimate of drug-likeness (QED) is 0.371. The van der Waals surface area contributed by atoms with E-state index in [1.54, 1.807) is 12.1 Å². The van der Waals surface area contributed by atoms with Gasteiger partial charge >= 0.3 is 5.97 Å². The number of hydrogen-bond acceptors (Lipinski definition) is 3. The minimum absolute atomic E-state index is 0.0764. The van der Waals surface area contributed by atoms with E-state index in [4.69, 9.17) is 11.6 Å². The molecule has 3 N–H and O–H groups in total. The van der Waals surface area contributed by atoms with Crippen LogP contribution in [0.1, 0.15) is 53.7 Å². The van der Waals surface area contributed by atoms with Gasteiger partial charge in [0, 0.05) is 17.4 Å². The summed E-state index contributed by atoms with van der Waals surface area (Å²) in [6.45, 7) is 6.65. The summed E-state index contributed by atoms with van der Waals surface area (Å²) in [4.78, 5) is 11.5. The average molecular weight is 449 g/mol.